The van der Waals surface area contributed by atoms with Gasteiger partial charge in [0, 0.05) is 13.6 Å². The van der Waals surface area contributed by atoms with Crippen molar-refractivity contribution in [3.63, 3.8) is 0 Å². The molecule has 3 N–H and O–H groups in total. The molecule has 9 heteroatoms. The second-order valence-electron chi connectivity index (χ2n) is 5.04. The first-order chi connectivity index (χ1) is 10.0. The maximum absolute atomic E-state index is 12.0. The minimum absolute atomic E-state index is 0.229. The first-order valence-electron chi connectivity index (χ1n) is 6.67. The van der Waals surface area contributed by atoms with E-state index in [1.165, 1.54) is 10.9 Å². The van der Waals surface area contributed by atoms with Crippen LogP contribution in [0.25, 0.3) is 11.0 Å². The number of aryl methyl sites for hydroxylation is 1. The number of aromatic nitrogens is 4. The Morgan fingerprint density at radius 1 is 1.57 bits per heavy atom. The molecule has 0 bridgehead atoms. The molecular formula is C12H16N6O3. The molecule has 3 rings (SSSR count). The number of fused-ring (bicyclic) bond motifs is 1. The van der Waals surface area contributed by atoms with Gasteiger partial charge in [-0.3, -0.25) is 4.79 Å². The summed E-state index contributed by atoms with van der Waals surface area (Å²) in [6.07, 6.45) is 2.13. The van der Waals surface area contributed by atoms with E-state index in [-0.39, 0.29) is 11.7 Å². The molecular weight excluding hydrogens is 276 g/mol. The average Bonchev–Trinajstić information content (AvgIpc) is 2.87. The number of ether oxygens (including phenoxy) is 1. The van der Waals surface area contributed by atoms with Gasteiger partial charge < -0.3 is 20.4 Å². The lowest BCUT2D eigenvalue weighted by Crippen LogP contribution is -2.41. The van der Waals surface area contributed by atoms with Gasteiger partial charge in [0.1, 0.15) is 17.1 Å². The molecule has 1 amide bonds. The van der Waals surface area contributed by atoms with Gasteiger partial charge in [-0.25, -0.2) is 14.5 Å². The highest BCUT2D eigenvalue weighted by Crippen LogP contribution is 2.20. The Balaban J connectivity index is 1.88. The summed E-state index contributed by atoms with van der Waals surface area (Å²) in [6, 6.07) is 0. The molecule has 112 valence electrons. The number of nitrogens with two attached hydrogens (primary N) is 1. The van der Waals surface area contributed by atoms with E-state index in [1.54, 1.807) is 7.05 Å². The van der Waals surface area contributed by atoms with Crippen molar-refractivity contribution in [2.75, 3.05) is 18.0 Å². The number of rotatable bonds is 2. The van der Waals surface area contributed by atoms with Gasteiger partial charge in [-0.2, -0.15) is 5.10 Å². The Hall–Kier alpha value is -2.58. The average molecular weight is 292 g/mol. The highest BCUT2D eigenvalue weighted by molar-refractivity contribution is 5.75. The van der Waals surface area contributed by atoms with Crippen LogP contribution >= 0.6 is 0 Å². The first-order valence-corrected chi connectivity index (χ1v) is 6.67. The Labute approximate surface area is 119 Å². The van der Waals surface area contributed by atoms with Gasteiger partial charge in [-0.15, -0.1) is 0 Å². The van der Waals surface area contributed by atoms with Crippen LogP contribution in [0.1, 0.15) is 12.8 Å². The molecule has 0 saturated carbocycles. The zero-order chi connectivity index (χ0) is 15.0. The van der Waals surface area contributed by atoms with E-state index in [1.807, 2.05) is 4.90 Å². The highest BCUT2D eigenvalue weighted by Gasteiger charge is 2.24. The number of aromatic amines is 1. The summed E-state index contributed by atoms with van der Waals surface area (Å²) in [7, 11) is 1.58. The van der Waals surface area contributed by atoms with E-state index in [0.717, 1.165) is 19.4 Å². The Morgan fingerprint density at radius 2 is 2.38 bits per heavy atom. The van der Waals surface area contributed by atoms with E-state index < -0.39 is 6.09 Å². The van der Waals surface area contributed by atoms with Crippen molar-refractivity contribution < 1.29 is 9.53 Å². The second kappa shape index (κ2) is 5.08. The number of carbonyl (C=O) groups excluding carboxylic acids is 1. The zero-order valence-corrected chi connectivity index (χ0v) is 11.6. The monoisotopic (exact) mass is 292 g/mol. The van der Waals surface area contributed by atoms with Crippen molar-refractivity contribution in [2.45, 2.75) is 18.9 Å². The highest BCUT2D eigenvalue weighted by atomic mass is 16.6. The molecule has 0 radical (unpaired) electrons. The third-order valence-electron chi connectivity index (χ3n) is 3.54. The fourth-order valence-corrected chi connectivity index (χ4v) is 2.53. The number of primary amides is 1. The van der Waals surface area contributed by atoms with Crippen LogP contribution in [0.15, 0.2) is 11.0 Å². The van der Waals surface area contributed by atoms with Crippen LogP contribution in [0.2, 0.25) is 0 Å². The third kappa shape index (κ3) is 2.54. The van der Waals surface area contributed by atoms with Crippen LogP contribution in [0.4, 0.5) is 10.7 Å². The molecule has 1 saturated heterocycles. The zero-order valence-electron chi connectivity index (χ0n) is 11.6. The van der Waals surface area contributed by atoms with E-state index in [2.05, 4.69) is 15.1 Å². The Morgan fingerprint density at radius 3 is 3.14 bits per heavy atom. The van der Waals surface area contributed by atoms with Gasteiger partial charge in [0.25, 0.3) is 5.56 Å². The summed E-state index contributed by atoms with van der Waals surface area (Å²) in [4.78, 5) is 32.1. The van der Waals surface area contributed by atoms with E-state index in [9.17, 15) is 9.59 Å². The fraction of sp³-hybridized carbons (Fsp3) is 0.500. The molecule has 1 aliphatic heterocycles. The maximum atomic E-state index is 12.0. The minimum Gasteiger partial charge on any atom is -0.445 e. The second-order valence-corrected chi connectivity index (χ2v) is 5.04. The van der Waals surface area contributed by atoms with Gasteiger partial charge in [0.05, 0.1) is 12.7 Å². The molecule has 2 aromatic heterocycles. The third-order valence-corrected chi connectivity index (χ3v) is 3.54. The number of nitrogens with zero attached hydrogens (tertiary/aromatic N) is 4. The summed E-state index contributed by atoms with van der Waals surface area (Å²) in [6.45, 7) is 1.27. The first kappa shape index (κ1) is 13.4. The van der Waals surface area contributed by atoms with E-state index in [0.29, 0.717) is 23.5 Å². The molecule has 21 heavy (non-hydrogen) atoms. The standard InChI is InChI=1S/C12H16N6O3/c1-17-10(19)9-8(5-14-17)15-12(16-9)18-4-2-3-7(6-18)21-11(13)20/h5,7H,2-4,6H2,1H3,(H2,13,20)(H,15,16). The predicted molar refractivity (Wildman–Crippen MR) is 75.0 cm³/mol. The van der Waals surface area contributed by atoms with Crippen molar-refractivity contribution in [1.82, 2.24) is 19.7 Å². The molecule has 9 nitrogen and oxygen atoms in total. The van der Waals surface area contributed by atoms with Crippen LogP contribution in [0.5, 0.6) is 0 Å². The quantitative estimate of drug-likeness (QED) is 0.785. The van der Waals surface area contributed by atoms with Gasteiger partial charge in [-0.05, 0) is 12.8 Å². The molecule has 2 aromatic rings. The molecule has 1 fully saturated rings. The number of H-pyrrole nitrogens is 1. The van der Waals surface area contributed by atoms with Gasteiger partial charge in [0.15, 0.2) is 0 Å². The van der Waals surface area contributed by atoms with Crippen LogP contribution < -0.4 is 16.2 Å². The van der Waals surface area contributed by atoms with Crippen LogP contribution in [-0.4, -0.2) is 45.0 Å². The largest absolute Gasteiger partial charge is 0.445 e. The molecule has 0 spiro atoms. The van der Waals surface area contributed by atoms with Crippen molar-refractivity contribution in [2.24, 2.45) is 12.8 Å². The molecule has 3 heterocycles. The molecule has 1 atom stereocenters. The van der Waals surface area contributed by atoms with Gasteiger partial charge in [0.2, 0.25) is 5.95 Å². The number of imidazole rings is 1. The van der Waals surface area contributed by atoms with Crippen LogP contribution in [0, 0.1) is 0 Å². The normalized spacial score (nSPS) is 18.9. The number of amides is 1. The van der Waals surface area contributed by atoms with Gasteiger partial charge in [-0.1, -0.05) is 0 Å². The topological polar surface area (TPSA) is 119 Å². The van der Waals surface area contributed by atoms with E-state index in [4.69, 9.17) is 10.5 Å². The SMILES string of the molecule is Cn1ncc2nc(N3CCCC(OC(N)=O)C3)[nH]c2c1=O. The number of piperidine rings is 1. The van der Waals surface area contributed by atoms with Gasteiger partial charge >= 0.3 is 6.09 Å². The van der Waals surface area contributed by atoms with Crippen molar-refractivity contribution >= 4 is 23.1 Å². The summed E-state index contributed by atoms with van der Waals surface area (Å²) in [5.74, 6) is 0.577. The van der Waals surface area contributed by atoms with Crippen LogP contribution in [0.3, 0.4) is 0 Å². The van der Waals surface area contributed by atoms with Crippen molar-refractivity contribution in [3.05, 3.63) is 16.6 Å². The minimum atomic E-state index is -0.774. The summed E-state index contributed by atoms with van der Waals surface area (Å²) in [5.41, 5.74) is 5.76. The summed E-state index contributed by atoms with van der Waals surface area (Å²) < 4.78 is 6.29. The summed E-state index contributed by atoms with van der Waals surface area (Å²) >= 11 is 0. The van der Waals surface area contributed by atoms with Crippen molar-refractivity contribution in [3.8, 4) is 0 Å². The van der Waals surface area contributed by atoms with Crippen LogP contribution in [-0.2, 0) is 11.8 Å². The fourth-order valence-electron chi connectivity index (χ4n) is 2.53. The molecule has 1 aliphatic rings. The van der Waals surface area contributed by atoms with Crippen molar-refractivity contribution in [1.29, 1.82) is 0 Å². The molecule has 1 unspecified atom stereocenters. The summed E-state index contributed by atoms with van der Waals surface area (Å²) in [5, 5.41) is 3.94. The lowest BCUT2D eigenvalue weighted by atomic mass is 10.1. The number of anilines is 1. The number of carbonyl (C=O) groups is 1. The smallest absolute Gasteiger partial charge is 0.404 e. The molecule has 0 aromatic carbocycles. The number of hydrogen-bond acceptors (Lipinski definition) is 6. The lowest BCUT2D eigenvalue weighted by molar-refractivity contribution is 0.0963. The number of hydrogen-bond donors (Lipinski definition) is 2. The predicted octanol–water partition coefficient (Wildman–Crippen LogP) is -0.279. The lowest BCUT2D eigenvalue weighted by Gasteiger charge is -2.31. The maximum Gasteiger partial charge on any atom is 0.404 e. The Kier molecular flexibility index (Phi) is 3.24. The Bertz CT molecular complexity index is 736. The number of nitrogens with one attached hydrogen (secondary N) is 1. The van der Waals surface area contributed by atoms with E-state index >= 15 is 0 Å². The molecule has 0 aliphatic carbocycles.